The monoisotopic (exact) mass is 443 g/mol. The third-order valence-electron chi connectivity index (χ3n) is 5.13. The van der Waals surface area contributed by atoms with Crippen LogP contribution in [0.1, 0.15) is 32.1 Å². The average molecular weight is 444 g/mol. The minimum Gasteiger partial charge on any atom is -0.384 e. The van der Waals surface area contributed by atoms with Crippen LogP contribution in [0.5, 0.6) is 0 Å². The Kier molecular flexibility index (Phi) is 8.37. The van der Waals surface area contributed by atoms with Crippen molar-refractivity contribution in [3.05, 3.63) is 69.9 Å². The van der Waals surface area contributed by atoms with Crippen molar-refractivity contribution in [1.82, 2.24) is 15.5 Å². The van der Waals surface area contributed by atoms with Crippen molar-refractivity contribution in [3.63, 3.8) is 0 Å². The van der Waals surface area contributed by atoms with Gasteiger partial charge < -0.3 is 15.5 Å². The summed E-state index contributed by atoms with van der Waals surface area (Å²) in [5.41, 5.74) is 3.30. The summed E-state index contributed by atoms with van der Waals surface area (Å²) in [7, 11) is 0. The predicted molar refractivity (Wildman–Crippen MR) is 120 cm³/mol. The molecule has 1 amide bonds. The summed E-state index contributed by atoms with van der Waals surface area (Å²) < 4.78 is 1.19. The van der Waals surface area contributed by atoms with Crippen LogP contribution < -0.4 is 10.6 Å². The third kappa shape index (κ3) is 6.64. The number of amides is 1. The molecule has 0 unspecified atom stereocenters. The fourth-order valence-electron chi connectivity index (χ4n) is 3.51. The van der Waals surface area contributed by atoms with Crippen molar-refractivity contribution in [2.24, 2.45) is 0 Å². The first-order valence-electron chi connectivity index (χ1n) is 10.3. The number of allylic oxidation sites excluding steroid dienone is 8. The molecule has 0 spiro atoms. The Morgan fingerprint density at radius 1 is 1.00 bits per heavy atom. The van der Waals surface area contributed by atoms with Crippen LogP contribution in [0, 0.1) is 0 Å². The molecule has 4 nitrogen and oxygen atoms in total. The zero-order valence-electron chi connectivity index (χ0n) is 16.4. The van der Waals surface area contributed by atoms with E-state index in [-0.39, 0.29) is 5.91 Å². The van der Waals surface area contributed by atoms with Gasteiger partial charge in [0.2, 0.25) is 0 Å². The second kappa shape index (κ2) is 11.2. The van der Waals surface area contributed by atoms with Gasteiger partial charge in [-0.3, -0.25) is 4.79 Å². The summed E-state index contributed by atoms with van der Waals surface area (Å²) in [6, 6.07) is 0. The molecule has 1 saturated heterocycles. The Balaban J connectivity index is 1.37. The number of carbonyl (C=O) groups is 1. The van der Waals surface area contributed by atoms with Crippen molar-refractivity contribution in [1.29, 1.82) is 0 Å². The Morgan fingerprint density at radius 2 is 1.82 bits per heavy atom. The summed E-state index contributed by atoms with van der Waals surface area (Å²) in [6.07, 6.45) is 21.9. The lowest BCUT2D eigenvalue weighted by molar-refractivity contribution is -0.127. The first kappa shape index (κ1) is 20.9. The van der Waals surface area contributed by atoms with Gasteiger partial charge in [-0.2, -0.15) is 0 Å². The molecule has 150 valence electrons. The van der Waals surface area contributed by atoms with Crippen molar-refractivity contribution in [3.8, 4) is 0 Å². The molecule has 1 aliphatic heterocycles. The second-order valence-corrected chi connectivity index (χ2v) is 8.36. The van der Waals surface area contributed by atoms with E-state index in [1.807, 2.05) is 17.1 Å². The highest BCUT2D eigenvalue weighted by Crippen LogP contribution is 2.17. The summed E-state index contributed by atoms with van der Waals surface area (Å²) >= 11 is 3.53. The molecule has 2 N–H and O–H groups in total. The zero-order valence-corrected chi connectivity index (χ0v) is 18.0. The van der Waals surface area contributed by atoms with E-state index >= 15 is 0 Å². The topological polar surface area (TPSA) is 44.4 Å². The normalized spacial score (nSPS) is 19.8. The highest BCUT2D eigenvalue weighted by atomic mass is 79.9. The lowest BCUT2D eigenvalue weighted by atomic mass is 10.1. The third-order valence-corrected chi connectivity index (χ3v) is 5.72. The maximum absolute atomic E-state index is 12.6. The highest BCUT2D eigenvalue weighted by molar-refractivity contribution is 9.11. The second-order valence-electron chi connectivity index (χ2n) is 7.34. The van der Waals surface area contributed by atoms with Gasteiger partial charge in [-0.1, -0.05) is 58.0 Å². The van der Waals surface area contributed by atoms with Crippen LogP contribution in [-0.4, -0.2) is 43.5 Å². The van der Waals surface area contributed by atoms with Gasteiger partial charge in [-0.05, 0) is 48.7 Å². The molecule has 28 heavy (non-hydrogen) atoms. The van der Waals surface area contributed by atoms with Gasteiger partial charge >= 0.3 is 0 Å². The van der Waals surface area contributed by atoms with E-state index in [0.29, 0.717) is 0 Å². The molecule has 0 atom stereocenters. The molecule has 1 fully saturated rings. The van der Waals surface area contributed by atoms with Gasteiger partial charge in [-0.15, -0.1) is 0 Å². The smallest absolute Gasteiger partial charge is 0.253 e. The summed E-state index contributed by atoms with van der Waals surface area (Å²) in [5.74, 6) is 0.189. The number of carbonyl (C=O) groups excluding carboxylic acids is 1. The number of nitrogens with zero attached hydrogens (tertiary/aromatic N) is 1. The molecule has 0 saturated carbocycles. The summed E-state index contributed by atoms with van der Waals surface area (Å²) in [4.78, 5) is 14.6. The average Bonchev–Trinajstić information content (AvgIpc) is 3.08. The molecular weight excluding hydrogens is 414 g/mol. The standard InChI is InChI=1S/C23H30BrN3O/c24-21-8-5-9-22(13-12-21)26-15-14-25-18-19-6-4-7-20(11-10-19)23(28)27-16-2-1-3-17-27/h4-9,11,13,25-26H,1-3,10,12,14-18H2. The Hall–Kier alpha value is -1.85. The van der Waals surface area contributed by atoms with E-state index in [2.05, 4.69) is 63.0 Å². The van der Waals surface area contributed by atoms with Gasteiger partial charge in [0.05, 0.1) is 0 Å². The van der Waals surface area contributed by atoms with Crippen molar-refractivity contribution in [2.75, 3.05) is 32.7 Å². The van der Waals surface area contributed by atoms with E-state index in [1.54, 1.807) is 0 Å². The van der Waals surface area contributed by atoms with Crippen LogP contribution in [0.3, 0.4) is 0 Å². The first-order chi connectivity index (χ1) is 13.7. The van der Waals surface area contributed by atoms with E-state index < -0.39 is 0 Å². The molecule has 0 aromatic rings. The molecule has 0 aromatic carbocycles. The molecule has 1 heterocycles. The molecule has 0 bridgehead atoms. The Morgan fingerprint density at radius 3 is 2.68 bits per heavy atom. The van der Waals surface area contributed by atoms with Crippen LogP contribution in [0.2, 0.25) is 0 Å². The molecule has 3 rings (SSSR count). The van der Waals surface area contributed by atoms with Crippen LogP contribution in [-0.2, 0) is 4.79 Å². The fraction of sp³-hybridized carbons (Fsp3) is 0.435. The maximum Gasteiger partial charge on any atom is 0.253 e. The number of piperidine rings is 1. The summed E-state index contributed by atoms with van der Waals surface area (Å²) in [5, 5.41) is 6.94. The molecular formula is C23H30BrN3O. The summed E-state index contributed by atoms with van der Waals surface area (Å²) in [6.45, 7) is 4.42. The predicted octanol–water partition coefficient (Wildman–Crippen LogP) is 4.11. The maximum atomic E-state index is 12.6. The van der Waals surface area contributed by atoms with Gasteiger partial charge in [-0.25, -0.2) is 0 Å². The molecule has 5 heteroatoms. The SMILES string of the molecule is O=C(C1=CCC(CNCCNC2=CCC(Br)=CC=C2)=CC=C1)N1CCCCC1. The quantitative estimate of drug-likeness (QED) is 0.581. The number of rotatable bonds is 7. The van der Waals surface area contributed by atoms with E-state index in [1.165, 1.54) is 16.5 Å². The highest BCUT2D eigenvalue weighted by Gasteiger charge is 2.19. The first-order valence-corrected chi connectivity index (χ1v) is 11.0. The lowest BCUT2D eigenvalue weighted by Gasteiger charge is -2.27. The van der Waals surface area contributed by atoms with Crippen molar-refractivity contribution < 1.29 is 4.79 Å². The Bertz CT molecular complexity index is 737. The number of halogens is 1. The van der Waals surface area contributed by atoms with Crippen LogP contribution in [0.15, 0.2) is 69.9 Å². The number of nitrogens with one attached hydrogen (secondary N) is 2. The minimum atomic E-state index is 0.189. The molecule has 0 aromatic heterocycles. The van der Waals surface area contributed by atoms with E-state index in [9.17, 15) is 4.79 Å². The van der Waals surface area contributed by atoms with E-state index in [4.69, 9.17) is 0 Å². The van der Waals surface area contributed by atoms with E-state index in [0.717, 1.165) is 69.7 Å². The van der Waals surface area contributed by atoms with Crippen LogP contribution in [0.4, 0.5) is 0 Å². The number of likely N-dealkylation sites (tertiary alicyclic amines) is 1. The molecule has 3 aliphatic rings. The van der Waals surface area contributed by atoms with Gasteiger partial charge in [0, 0.05) is 44.0 Å². The Labute approximate surface area is 177 Å². The van der Waals surface area contributed by atoms with Gasteiger partial charge in [0.1, 0.15) is 0 Å². The number of hydrogen-bond donors (Lipinski definition) is 2. The number of hydrogen-bond acceptors (Lipinski definition) is 3. The molecule has 2 aliphatic carbocycles. The van der Waals surface area contributed by atoms with Crippen LogP contribution >= 0.6 is 15.9 Å². The fourth-order valence-corrected chi connectivity index (χ4v) is 3.82. The van der Waals surface area contributed by atoms with Gasteiger partial charge in [0.25, 0.3) is 5.91 Å². The van der Waals surface area contributed by atoms with Crippen molar-refractivity contribution in [2.45, 2.75) is 32.1 Å². The van der Waals surface area contributed by atoms with Gasteiger partial charge in [0.15, 0.2) is 0 Å². The molecule has 0 radical (unpaired) electrons. The van der Waals surface area contributed by atoms with Crippen LogP contribution in [0.25, 0.3) is 0 Å². The minimum absolute atomic E-state index is 0.189. The zero-order chi connectivity index (χ0) is 19.6. The largest absolute Gasteiger partial charge is 0.384 e. The lowest BCUT2D eigenvalue weighted by Crippen LogP contribution is -2.36. The van der Waals surface area contributed by atoms with Crippen molar-refractivity contribution >= 4 is 21.8 Å².